The van der Waals surface area contributed by atoms with Gasteiger partial charge in [-0.05, 0) is 0 Å². The molecule has 0 aliphatic carbocycles. The van der Waals surface area contributed by atoms with E-state index in [-0.39, 0.29) is 37.7 Å². The van der Waals surface area contributed by atoms with Gasteiger partial charge in [-0.1, -0.05) is 0 Å². The number of hydrogen-bond donors (Lipinski definition) is 0. The maximum atomic E-state index is 8.50. The van der Waals surface area contributed by atoms with Gasteiger partial charge in [0.25, 0.3) is 0 Å². The van der Waals surface area contributed by atoms with Gasteiger partial charge >= 0.3 is 63.5 Å². The molecule has 0 saturated heterocycles. The van der Waals surface area contributed by atoms with Crippen molar-refractivity contribution in [2.24, 2.45) is 0 Å². The van der Waals surface area contributed by atoms with Gasteiger partial charge in [-0.15, -0.1) is 0 Å². The third-order valence-electron chi connectivity index (χ3n) is 0. The van der Waals surface area contributed by atoms with E-state index in [9.17, 15) is 0 Å². The number of hydrogen-bond acceptors (Lipinski definition) is 2. The molecule has 0 aliphatic rings. The van der Waals surface area contributed by atoms with Gasteiger partial charge in [0.2, 0.25) is 0 Å². The van der Waals surface area contributed by atoms with Gasteiger partial charge in [-0.3, -0.25) is 0 Å². The fourth-order valence-electron chi connectivity index (χ4n) is 0. The molecule has 4 heteroatoms. The Kier molecular flexibility index (Phi) is 20.1. The molecule has 0 aromatic heterocycles. The van der Waals surface area contributed by atoms with Crippen molar-refractivity contribution in [3.8, 4) is 0 Å². The molecule has 0 rings (SSSR count). The molecule has 0 aliphatic heterocycles. The van der Waals surface area contributed by atoms with E-state index in [0.29, 0.717) is 0 Å². The van der Waals surface area contributed by atoms with Crippen LogP contribution in [0.4, 0.5) is 0 Å². The molecule has 0 bridgehead atoms. The van der Waals surface area contributed by atoms with Crippen LogP contribution in [0.15, 0.2) is 0 Å². The average molecular weight is 122 g/mol. The Morgan fingerprint density at radius 1 is 1.25 bits per heavy atom. The first-order chi connectivity index (χ1) is 1.41. The Balaban J connectivity index is 0. The van der Waals surface area contributed by atoms with Crippen molar-refractivity contribution in [1.29, 1.82) is 0 Å². The SMILES string of the molecule is [CaH2].[O]=[Ti]=[O]. The van der Waals surface area contributed by atoms with Gasteiger partial charge in [0.1, 0.15) is 0 Å². The van der Waals surface area contributed by atoms with Gasteiger partial charge in [-0.2, -0.15) is 0 Å². The van der Waals surface area contributed by atoms with Gasteiger partial charge < -0.3 is 0 Å². The third kappa shape index (κ3) is 9.56. The zero-order valence-electron chi connectivity index (χ0n) is 1.32. The third-order valence-corrected chi connectivity index (χ3v) is 0. The molecule has 4 heavy (non-hydrogen) atoms. The molecular formula is H2CaO2Ti. The quantitative estimate of drug-likeness (QED) is 0.380. The van der Waals surface area contributed by atoms with Crippen LogP contribution in [-0.2, 0) is 25.7 Å². The zero-order chi connectivity index (χ0) is 2.71. The molecule has 0 saturated carbocycles. The van der Waals surface area contributed by atoms with Crippen LogP contribution in [0.25, 0.3) is 0 Å². The molecule has 0 amide bonds. The first kappa shape index (κ1) is 9.13. The molecule has 0 heterocycles. The molecular weight excluding hydrogens is 120 g/mol. The molecule has 0 aromatic rings. The summed E-state index contributed by atoms with van der Waals surface area (Å²) >= 11 is -2.00. The van der Waals surface area contributed by atoms with Crippen LogP contribution in [0.1, 0.15) is 0 Å². The summed E-state index contributed by atoms with van der Waals surface area (Å²) in [7, 11) is 0. The van der Waals surface area contributed by atoms with Gasteiger partial charge in [-0.25, -0.2) is 0 Å². The van der Waals surface area contributed by atoms with Crippen molar-refractivity contribution in [3.63, 3.8) is 0 Å². The second kappa shape index (κ2) is 8.82. The Morgan fingerprint density at radius 2 is 1.25 bits per heavy atom. The maximum absolute atomic E-state index is 8.50. The summed E-state index contributed by atoms with van der Waals surface area (Å²) in [5.41, 5.74) is 0. The summed E-state index contributed by atoms with van der Waals surface area (Å²) in [5.74, 6) is 0. The van der Waals surface area contributed by atoms with Crippen LogP contribution in [0.3, 0.4) is 0 Å². The standard InChI is InChI=1S/Ca.2O.Ti.2H. The summed E-state index contributed by atoms with van der Waals surface area (Å²) in [6.07, 6.45) is 0. The Labute approximate surface area is 62.5 Å². The molecule has 0 atom stereocenters. The van der Waals surface area contributed by atoms with E-state index in [1.807, 2.05) is 0 Å². The van der Waals surface area contributed by atoms with E-state index in [0.717, 1.165) is 0 Å². The molecule has 0 unspecified atom stereocenters. The predicted molar refractivity (Wildman–Crippen MR) is 9.92 cm³/mol. The molecule has 0 N–H and O–H groups in total. The topological polar surface area (TPSA) is 34.1 Å². The average Bonchev–Trinajstić information content (AvgIpc) is 0.918. The van der Waals surface area contributed by atoms with E-state index in [4.69, 9.17) is 6.65 Å². The van der Waals surface area contributed by atoms with Crippen LogP contribution >= 0.6 is 0 Å². The monoisotopic (exact) mass is 122 g/mol. The van der Waals surface area contributed by atoms with Crippen molar-refractivity contribution < 1.29 is 25.7 Å². The van der Waals surface area contributed by atoms with Crippen LogP contribution in [-0.4, -0.2) is 37.7 Å². The van der Waals surface area contributed by atoms with Gasteiger partial charge in [0.05, 0.1) is 0 Å². The van der Waals surface area contributed by atoms with E-state index in [1.54, 1.807) is 0 Å². The Morgan fingerprint density at radius 3 is 1.25 bits per heavy atom. The number of rotatable bonds is 0. The first-order valence-electron chi connectivity index (χ1n) is 0.408. The van der Waals surface area contributed by atoms with Crippen LogP contribution < -0.4 is 0 Å². The summed E-state index contributed by atoms with van der Waals surface area (Å²) in [6.45, 7) is 0. The second-order valence-electron chi connectivity index (χ2n) is 0.0833. The Hall–Kier alpha value is 1.57. The minimum absolute atomic E-state index is 0. The summed E-state index contributed by atoms with van der Waals surface area (Å²) in [6, 6.07) is 0. The summed E-state index contributed by atoms with van der Waals surface area (Å²) < 4.78 is 17.0. The molecule has 0 aromatic carbocycles. The molecule has 0 radical (unpaired) electrons. The molecule has 0 fully saturated rings. The predicted octanol–water partition coefficient (Wildman–Crippen LogP) is -1.16. The fourth-order valence-corrected chi connectivity index (χ4v) is 0. The van der Waals surface area contributed by atoms with Gasteiger partial charge in [0, 0.05) is 0 Å². The second-order valence-corrected chi connectivity index (χ2v) is 0.344. The van der Waals surface area contributed by atoms with Crippen molar-refractivity contribution in [3.05, 3.63) is 0 Å². The van der Waals surface area contributed by atoms with Crippen LogP contribution in [0, 0.1) is 0 Å². The van der Waals surface area contributed by atoms with E-state index < -0.39 is 19.1 Å². The van der Waals surface area contributed by atoms with E-state index in [2.05, 4.69) is 0 Å². The fraction of sp³-hybridized carbons (Fsp3) is 0. The summed E-state index contributed by atoms with van der Waals surface area (Å²) in [5, 5.41) is 0. The van der Waals surface area contributed by atoms with Crippen molar-refractivity contribution in [2.75, 3.05) is 0 Å². The van der Waals surface area contributed by atoms with Crippen molar-refractivity contribution >= 4 is 37.7 Å². The normalized spacial score (nSPS) is 2.00. The zero-order valence-corrected chi connectivity index (χ0v) is 2.88. The van der Waals surface area contributed by atoms with E-state index >= 15 is 0 Å². The Bertz CT molecular complexity index is 27.0. The molecule has 20 valence electrons. The van der Waals surface area contributed by atoms with Crippen molar-refractivity contribution in [1.82, 2.24) is 0 Å². The van der Waals surface area contributed by atoms with E-state index in [1.165, 1.54) is 0 Å². The summed E-state index contributed by atoms with van der Waals surface area (Å²) in [4.78, 5) is 0. The molecule has 2 nitrogen and oxygen atoms in total. The molecule has 0 spiro atoms. The van der Waals surface area contributed by atoms with Gasteiger partial charge in [0.15, 0.2) is 0 Å². The van der Waals surface area contributed by atoms with Crippen molar-refractivity contribution in [2.45, 2.75) is 0 Å². The van der Waals surface area contributed by atoms with Crippen LogP contribution in [0.2, 0.25) is 0 Å². The first-order valence-corrected chi connectivity index (χ1v) is 1.68. The minimum atomic E-state index is -2.00. The van der Waals surface area contributed by atoms with Crippen LogP contribution in [0.5, 0.6) is 0 Å².